The quantitative estimate of drug-likeness (QED) is 0.573. The number of rotatable bonds is 2. The third-order valence-corrected chi connectivity index (χ3v) is 1.76. The van der Waals surface area contributed by atoms with Gasteiger partial charge in [-0.05, 0) is 12.8 Å². The van der Waals surface area contributed by atoms with Crippen molar-refractivity contribution in [3.05, 3.63) is 0 Å². The molecule has 0 radical (unpaired) electrons. The molecule has 10 heavy (non-hydrogen) atoms. The summed E-state index contributed by atoms with van der Waals surface area (Å²) >= 11 is 0. The van der Waals surface area contributed by atoms with Gasteiger partial charge in [-0.1, -0.05) is 6.92 Å². The summed E-state index contributed by atoms with van der Waals surface area (Å²) in [4.78, 5) is 10.5. The number of esters is 1. The lowest BCUT2D eigenvalue weighted by Gasteiger charge is -2.13. The van der Waals surface area contributed by atoms with Crippen molar-refractivity contribution >= 4 is 5.97 Å². The van der Waals surface area contributed by atoms with Gasteiger partial charge >= 0.3 is 5.97 Å². The molecule has 0 saturated carbocycles. The summed E-state index contributed by atoms with van der Waals surface area (Å²) in [6, 6.07) is 0. The Balaban J connectivity index is 2.36. The lowest BCUT2D eigenvalue weighted by Crippen LogP contribution is -2.24. The second-order valence-electron chi connectivity index (χ2n) is 2.54. The van der Waals surface area contributed by atoms with Crippen LogP contribution in [0.3, 0.4) is 0 Å². The molecule has 2 atom stereocenters. The SMILES string of the molecule is CC[C@H](O)[C@@H]1CCC(=O)O1. The third-order valence-electron chi connectivity index (χ3n) is 1.76. The number of aliphatic hydroxyl groups is 1. The molecule has 0 bridgehead atoms. The first-order valence-electron chi connectivity index (χ1n) is 3.61. The maximum Gasteiger partial charge on any atom is 0.306 e. The summed E-state index contributed by atoms with van der Waals surface area (Å²) in [7, 11) is 0. The van der Waals surface area contributed by atoms with Crippen LogP contribution in [0, 0.1) is 0 Å². The minimum atomic E-state index is -0.466. The van der Waals surface area contributed by atoms with Crippen LogP contribution in [-0.2, 0) is 9.53 Å². The van der Waals surface area contributed by atoms with Gasteiger partial charge in [0, 0.05) is 6.42 Å². The summed E-state index contributed by atoms with van der Waals surface area (Å²) in [5.74, 6) is -0.183. The van der Waals surface area contributed by atoms with Crippen molar-refractivity contribution in [2.75, 3.05) is 0 Å². The van der Waals surface area contributed by atoms with Crippen LogP contribution in [0.1, 0.15) is 26.2 Å². The van der Waals surface area contributed by atoms with Gasteiger partial charge in [-0.25, -0.2) is 0 Å². The zero-order valence-corrected chi connectivity index (χ0v) is 6.04. The maximum atomic E-state index is 10.5. The normalized spacial score (nSPS) is 28.2. The monoisotopic (exact) mass is 144 g/mol. The Labute approximate surface area is 60.0 Å². The summed E-state index contributed by atoms with van der Waals surface area (Å²) in [6.07, 6.45) is 1.08. The molecule has 0 aromatic carbocycles. The van der Waals surface area contributed by atoms with Crippen molar-refractivity contribution in [1.82, 2.24) is 0 Å². The van der Waals surface area contributed by atoms with Crippen LogP contribution < -0.4 is 0 Å². The molecule has 58 valence electrons. The number of cyclic esters (lactones) is 1. The highest BCUT2D eigenvalue weighted by atomic mass is 16.6. The number of hydrogen-bond acceptors (Lipinski definition) is 3. The van der Waals surface area contributed by atoms with Gasteiger partial charge in [0.15, 0.2) is 0 Å². The van der Waals surface area contributed by atoms with E-state index in [0.29, 0.717) is 19.3 Å². The van der Waals surface area contributed by atoms with Crippen molar-refractivity contribution in [2.45, 2.75) is 38.4 Å². The molecule has 0 aromatic heterocycles. The molecule has 1 aliphatic rings. The lowest BCUT2D eigenvalue weighted by molar-refractivity contribution is -0.145. The molecule has 1 fully saturated rings. The van der Waals surface area contributed by atoms with Crippen molar-refractivity contribution in [3.63, 3.8) is 0 Å². The van der Waals surface area contributed by atoms with E-state index in [2.05, 4.69) is 0 Å². The van der Waals surface area contributed by atoms with Crippen LogP contribution in [0.25, 0.3) is 0 Å². The molecule has 0 amide bonds. The molecule has 1 aliphatic heterocycles. The van der Waals surface area contributed by atoms with Crippen molar-refractivity contribution in [2.24, 2.45) is 0 Å². The van der Waals surface area contributed by atoms with Crippen LogP contribution in [-0.4, -0.2) is 23.3 Å². The van der Waals surface area contributed by atoms with Gasteiger partial charge in [-0.3, -0.25) is 4.79 Å². The van der Waals surface area contributed by atoms with Crippen molar-refractivity contribution in [1.29, 1.82) is 0 Å². The second-order valence-corrected chi connectivity index (χ2v) is 2.54. The van der Waals surface area contributed by atoms with Crippen molar-refractivity contribution in [3.8, 4) is 0 Å². The Morgan fingerprint density at radius 1 is 1.90 bits per heavy atom. The van der Waals surface area contributed by atoms with E-state index in [-0.39, 0.29) is 12.1 Å². The fourth-order valence-corrected chi connectivity index (χ4v) is 1.08. The Morgan fingerprint density at radius 3 is 3.00 bits per heavy atom. The van der Waals surface area contributed by atoms with E-state index in [0.717, 1.165) is 0 Å². The predicted molar refractivity (Wildman–Crippen MR) is 35.4 cm³/mol. The first-order chi connectivity index (χ1) is 4.74. The topological polar surface area (TPSA) is 46.5 Å². The first kappa shape index (κ1) is 7.54. The van der Waals surface area contributed by atoms with E-state index in [1.165, 1.54) is 0 Å². The zero-order chi connectivity index (χ0) is 7.56. The fourth-order valence-electron chi connectivity index (χ4n) is 1.08. The largest absolute Gasteiger partial charge is 0.460 e. The van der Waals surface area contributed by atoms with E-state index in [1.807, 2.05) is 6.92 Å². The van der Waals surface area contributed by atoms with Crippen molar-refractivity contribution < 1.29 is 14.6 Å². The van der Waals surface area contributed by atoms with E-state index < -0.39 is 6.10 Å². The molecule has 1 saturated heterocycles. The average Bonchev–Trinajstić information content (AvgIpc) is 2.34. The fraction of sp³-hybridized carbons (Fsp3) is 0.857. The minimum Gasteiger partial charge on any atom is -0.460 e. The van der Waals surface area contributed by atoms with Gasteiger partial charge < -0.3 is 9.84 Å². The van der Waals surface area contributed by atoms with Crippen LogP contribution in [0.5, 0.6) is 0 Å². The predicted octanol–water partition coefficient (Wildman–Crippen LogP) is 0.463. The minimum absolute atomic E-state index is 0.183. The van der Waals surface area contributed by atoms with Gasteiger partial charge in [-0.2, -0.15) is 0 Å². The number of aliphatic hydroxyl groups excluding tert-OH is 1. The summed E-state index contributed by atoms with van der Waals surface area (Å²) < 4.78 is 4.83. The van der Waals surface area contributed by atoms with Crippen LogP contribution in [0.2, 0.25) is 0 Å². The van der Waals surface area contributed by atoms with E-state index in [9.17, 15) is 9.90 Å². The number of ether oxygens (including phenoxy) is 1. The summed E-state index contributed by atoms with van der Waals surface area (Å²) in [5.41, 5.74) is 0. The maximum absolute atomic E-state index is 10.5. The van der Waals surface area contributed by atoms with Gasteiger partial charge in [0.2, 0.25) is 0 Å². The van der Waals surface area contributed by atoms with Crippen LogP contribution in [0.15, 0.2) is 0 Å². The van der Waals surface area contributed by atoms with E-state index >= 15 is 0 Å². The average molecular weight is 144 g/mol. The smallest absolute Gasteiger partial charge is 0.306 e. The molecule has 0 unspecified atom stereocenters. The third kappa shape index (κ3) is 1.48. The van der Waals surface area contributed by atoms with Crippen LogP contribution in [0.4, 0.5) is 0 Å². The lowest BCUT2D eigenvalue weighted by atomic mass is 10.1. The molecule has 3 heteroatoms. The van der Waals surface area contributed by atoms with Gasteiger partial charge in [0.25, 0.3) is 0 Å². The van der Waals surface area contributed by atoms with E-state index in [4.69, 9.17) is 4.74 Å². The highest BCUT2D eigenvalue weighted by Crippen LogP contribution is 2.18. The Kier molecular flexibility index (Phi) is 2.27. The zero-order valence-electron chi connectivity index (χ0n) is 6.04. The molecule has 0 spiro atoms. The first-order valence-corrected chi connectivity index (χ1v) is 3.61. The molecule has 1 heterocycles. The molecule has 1 N–H and O–H groups in total. The van der Waals surface area contributed by atoms with Crippen LogP contribution >= 0.6 is 0 Å². The second kappa shape index (κ2) is 3.01. The Hall–Kier alpha value is -0.570. The molecular formula is C7H12O3. The number of hydrogen-bond donors (Lipinski definition) is 1. The number of carbonyl (C=O) groups excluding carboxylic acids is 1. The van der Waals surface area contributed by atoms with Gasteiger partial charge in [-0.15, -0.1) is 0 Å². The highest BCUT2D eigenvalue weighted by molar-refractivity contribution is 5.71. The molecule has 3 nitrogen and oxygen atoms in total. The van der Waals surface area contributed by atoms with Gasteiger partial charge in [0.1, 0.15) is 6.10 Å². The molecule has 1 rings (SSSR count). The Bertz CT molecular complexity index is 133. The summed E-state index contributed by atoms with van der Waals surface area (Å²) in [6.45, 7) is 1.87. The molecular weight excluding hydrogens is 132 g/mol. The van der Waals surface area contributed by atoms with Gasteiger partial charge in [0.05, 0.1) is 6.10 Å². The Morgan fingerprint density at radius 2 is 2.60 bits per heavy atom. The molecule has 0 aromatic rings. The van der Waals surface area contributed by atoms with E-state index in [1.54, 1.807) is 0 Å². The summed E-state index contributed by atoms with van der Waals surface area (Å²) in [5, 5.41) is 9.20. The highest BCUT2D eigenvalue weighted by Gasteiger charge is 2.28. The standard InChI is InChI=1S/C7H12O3/c1-2-5(8)6-3-4-7(9)10-6/h5-6,8H,2-4H2,1H3/t5-,6-/m0/s1. The molecule has 0 aliphatic carbocycles. The number of carbonyl (C=O) groups is 1.